The smallest absolute Gasteiger partial charge is 0.191 e. The Labute approximate surface area is 81.0 Å². The van der Waals surface area contributed by atoms with E-state index in [0.29, 0.717) is 5.41 Å². The Hall–Kier alpha value is -0.730. The molecule has 0 aromatic carbocycles. The van der Waals surface area contributed by atoms with E-state index >= 15 is 0 Å². The number of nitrogens with zero attached hydrogens (tertiary/aromatic N) is 2. The molecule has 0 bridgehead atoms. The molecule has 1 saturated heterocycles. The zero-order chi connectivity index (χ0) is 9.90. The highest BCUT2D eigenvalue weighted by Gasteiger charge is 2.25. The third-order valence-corrected chi connectivity index (χ3v) is 2.76. The van der Waals surface area contributed by atoms with Crippen LogP contribution in [0.4, 0.5) is 0 Å². The Bertz CT molecular complexity index is 186. The Morgan fingerprint density at radius 1 is 1.38 bits per heavy atom. The molecule has 0 saturated carbocycles. The lowest BCUT2D eigenvalue weighted by molar-refractivity contribution is 0.187. The molecule has 76 valence electrons. The van der Waals surface area contributed by atoms with Gasteiger partial charge in [0.25, 0.3) is 0 Å². The van der Waals surface area contributed by atoms with Crippen LogP contribution in [0.1, 0.15) is 33.6 Å². The van der Waals surface area contributed by atoms with Gasteiger partial charge in [-0.1, -0.05) is 13.8 Å². The standard InChI is InChI=1S/C10H21N3/c1-4-12-9(11)13-7-5-10(2,3)6-8-13/h4-8H2,1-3H3,(H2,11,12). The fraction of sp³-hybridized carbons (Fsp3) is 0.900. The molecule has 1 rings (SSSR count). The molecule has 0 unspecified atom stereocenters. The second kappa shape index (κ2) is 3.99. The molecule has 1 aliphatic rings. The lowest BCUT2D eigenvalue weighted by Gasteiger charge is -2.37. The van der Waals surface area contributed by atoms with Crippen LogP contribution in [0.5, 0.6) is 0 Å². The third-order valence-electron chi connectivity index (χ3n) is 2.76. The number of rotatable bonds is 1. The van der Waals surface area contributed by atoms with E-state index in [2.05, 4.69) is 23.7 Å². The summed E-state index contributed by atoms with van der Waals surface area (Å²) in [6, 6.07) is 0. The summed E-state index contributed by atoms with van der Waals surface area (Å²) in [7, 11) is 0. The number of likely N-dealkylation sites (tertiary alicyclic amines) is 1. The minimum absolute atomic E-state index is 0.489. The highest BCUT2D eigenvalue weighted by atomic mass is 15.3. The van der Waals surface area contributed by atoms with Crippen molar-refractivity contribution in [2.24, 2.45) is 16.1 Å². The summed E-state index contributed by atoms with van der Waals surface area (Å²) in [4.78, 5) is 6.41. The van der Waals surface area contributed by atoms with E-state index in [0.717, 1.165) is 25.6 Å². The van der Waals surface area contributed by atoms with Crippen molar-refractivity contribution in [2.45, 2.75) is 33.6 Å². The zero-order valence-electron chi connectivity index (χ0n) is 9.01. The van der Waals surface area contributed by atoms with Gasteiger partial charge >= 0.3 is 0 Å². The molecule has 0 atom stereocenters. The molecule has 0 spiro atoms. The van der Waals surface area contributed by atoms with Crippen LogP contribution in [0, 0.1) is 5.41 Å². The molecule has 0 radical (unpaired) electrons. The quantitative estimate of drug-likeness (QED) is 0.494. The Morgan fingerprint density at radius 2 is 1.92 bits per heavy atom. The number of hydrogen-bond acceptors (Lipinski definition) is 1. The number of guanidine groups is 1. The van der Waals surface area contributed by atoms with Gasteiger partial charge in [-0.3, -0.25) is 4.99 Å². The van der Waals surface area contributed by atoms with E-state index in [1.165, 1.54) is 12.8 Å². The van der Waals surface area contributed by atoms with Crippen LogP contribution in [0.15, 0.2) is 4.99 Å². The summed E-state index contributed by atoms with van der Waals surface area (Å²) < 4.78 is 0. The monoisotopic (exact) mass is 183 g/mol. The molecule has 1 aliphatic heterocycles. The van der Waals surface area contributed by atoms with Crippen molar-refractivity contribution in [3.05, 3.63) is 0 Å². The predicted molar refractivity (Wildman–Crippen MR) is 56.8 cm³/mol. The van der Waals surface area contributed by atoms with Gasteiger partial charge in [0.2, 0.25) is 0 Å². The lowest BCUT2D eigenvalue weighted by Crippen LogP contribution is -2.44. The fourth-order valence-electron chi connectivity index (χ4n) is 1.60. The SMILES string of the molecule is CCN=C(N)N1CCC(C)(C)CC1. The molecule has 3 heteroatoms. The summed E-state index contributed by atoms with van der Waals surface area (Å²) in [5, 5.41) is 0. The first kappa shape index (κ1) is 10.4. The van der Waals surface area contributed by atoms with E-state index < -0.39 is 0 Å². The molecule has 13 heavy (non-hydrogen) atoms. The first-order chi connectivity index (χ1) is 6.05. The predicted octanol–water partition coefficient (Wildman–Crippen LogP) is 1.44. The molecule has 0 aromatic heterocycles. The maximum Gasteiger partial charge on any atom is 0.191 e. The fourth-order valence-corrected chi connectivity index (χ4v) is 1.60. The lowest BCUT2D eigenvalue weighted by atomic mass is 9.83. The molecule has 2 N–H and O–H groups in total. The van der Waals surface area contributed by atoms with Crippen molar-refractivity contribution < 1.29 is 0 Å². The molecular weight excluding hydrogens is 162 g/mol. The Balaban J connectivity index is 2.45. The summed E-state index contributed by atoms with van der Waals surface area (Å²) >= 11 is 0. The Kier molecular flexibility index (Phi) is 3.17. The normalized spacial score (nSPS) is 23.3. The van der Waals surface area contributed by atoms with Crippen LogP contribution in [-0.2, 0) is 0 Å². The topological polar surface area (TPSA) is 41.6 Å². The number of hydrogen-bond donors (Lipinski definition) is 1. The number of piperidine rings is 1. The van der Waals surface area contributed by atoms with Crippen molar-refractivity contribution in [3.8, 4) is 0 Å². The highest BCUT2D eigenvalue weighted by Crippen LogP contribution is 2.29. The summed E-state index contributed by atoms with van der Waals surface area (Å²) in [6.45, 7) is 9.55. The number of aliphatic imine (C=N–C) groups is 1. The van der Waals surface area contributed by atoms with Gasteiger partial charge in [0, 0.05) is 19.6 Å². The second-order valence-electron chi connectivity index (χ2n) is 4.48. The molecule has 1 heterocycles. The minimum atomic E-state index is 0.489. The Morgan fingerprint density at radius 3 is 2.38 bits per heavy atom. The minimum Gasteiger partial charge on any atom is -0.370 e. The van der Waals surface area contributed by atoms with Gasteiger partial charge in [0.15, 0.2) is 5.96 Å². The molecular formula is C10H21N3. The maximum absolute atomic E-state index is 5.82. The van der Waals surface area contributed by atoms with Crippen LogP contribution in [-0.4, -0.2) is 30.5 Å². The average Bonchev–Trinajstić information content (AvgIpc) is 2.04. The van der Waals surface area contributed by atoms with Crippen LogP contribution in [0.25, 0.3) is 0 Å². The van der Waals surface area contributed by atoms with Crippen molar-refractivity contribution in [1.29, 1.82) is 0 Å². The largest absolute Gasteiger partial charge is 0.370 e. The van der Waals surface area contributed by atoms with Gasteiger partial charge in [0.1, 0.15) is 0 Å². The first-order valence-electron chi connectivity index (χ1n) is 5.10. The van der Waals surface area contributed by atoms with Crippen LogP contribution < -0.4 is 5.73 Å². The molecule has 1 fully saturated rings. The van der Waals surface area contributed by atoms with Crippen LogP contribution in [0.2, 0.25) is 0 Å². The van der Waals surface area contributed by atoms with Crippen LogP contribution in [0.3, 0.4) is 0 Å². The highest BCUT2D eigenvalue weighted by molar-refractivity contribution is 5.78. The van der Waals surface area contributed by atoms with E-state index in [9.17, 15) is 0 Å². The van der Waals surface area contributed by atoms with Gasteiger partial charge in [-0.05, 0) is 25.2 Å². The van der Waals surface area contributed by atoms with Gasteiger partial charge in [-0.25, -0.2) is 0 Å². The van der Waals surface area contributed by atoms with Crippen LogP contribution >= 0.6 is 0 Å². The molecule has 0 amide bonds. The average molecular weight is 183 g/mol. The second-order valence-corrected chi connectivity index (χ2v) is 4.48. The van der Waals surface area contributed by atoms with Crippen molar-refractivity contribution in [2.75, 3.05) is 19.6 Å². The van der Waals surface area contributed by atoms with E-state index in [1.54, 1.807) is 0 Å². The molecule has 0 aromatic rings. The van der Waals surface area contributed by atoms with Crippen molar-refractivity contribution in [3.63, 3.8) is 0 Å². The summed E-state index contributed by atoms with van der Waals surface area (Å²) in [6.07, 6.45) is 2.43. The van der Waals surface area contributed by atoms with Gasteiger partial charge in [0.05, 0.1) is 0 Å². The van der Waals surface area contributed by atoms with Gasteiger partial charge in [-0.15, -0.1) is 0 Å². The van der Waals surface area contributed by atoms with Gasteiger partial charge in [-0.2, -0.15) is 0 Å². The van der Waals surface area contributed by atoms with E-state index in [-0.39, 0.29) is 0 Å². The van der Waals surface area contributed by atoms with Crippen molar-refractivity contribution >= 4 is 5.96 Å². The molecule has 0 aliphatic carbocycles. The first-order valence-corrected chi connectivity index (χ1v) is 5.10. The van der Waals surface area contributed by atoms with E-state index in [1.807, 2.05) is 6.92 Å². The maximum atomic E-state index is 5.82. The van der Waals surface area contributed by atoms with E-state index in [4.69, 9.17) is 5.73 Å². The molecule has 3 nitrogen and oxygen atoms in total. The summed E-state index contributed by atoms with van der Waals surface area (Å²) in [5.74, 6) is 0.720. The summed E-state index contributed by atoms with van der Waals surface area (Å²) in [5.41, 5.74) is 6.31. The van der Waals surface area contributed by atoms with Gasteiger partial charge < -0.3 is 10.6 Å². The third kappa shape index (κ3) is 2.90. The van der Waals surface area contributed by atoms with Crippen molar-refractivity contribution in [1.82, 2.24) is 4.90 Å². The number of nitrogens with two attached hydrogens (primary N) is 1. The zero-order valence-corrected chi connectivity index (χ0v) is 9.01.